The molecule has 1 spiro atoms. The minimum absolute atomic E-state index is 0.0112. The molecule has 1 aliphatic carbocycles. The van der Waals surface area contributed by atoms with E-state index in [0.717, 1.165) is 0 Å². The minimum Gasteiger partial charge on any atom is -0.497 e. The first kappa shape index (κ1) is 20.6. The van der Waals surface area contributed by atoms with Crippen molar-refractivity contribution >= 4 is 23.6 Å². The first-order valence-electron chi connectivity index (χ1n) is 9.86. The van der Waals surface area contributed by atoms with Gasteiger partial charge in [0, 0.05) is 24.7 Å². The zero-order valence-corrected chi connectivity index (χ0v) is 17.1. The number of methoxy groups -OCH3 is 2. The van der Waals surface area contributed by atoms with Gasteiger partial charge in [-0.3, -0.25) is 25.0 Å². The van der Waals surface area contributed by atoms with Crippen molar-refractivity contribution in [3.63, 3.8) is 0 Å². The van der Waals surface area contributed by atoms with E-state index in [1.807, 2.05) is 0 Å². The SMILES string of the molecule is COc1cccc(C2CC(=O)CC(c3cccc(OC)c3)C23C(=O)NC(=O)NC3=O)c1. The monoisotopic (exact) mass is 422 g/mol. The van der Waals surface area contributed by atoms with E-state index < -0.39 is 35.1 Å². The predicted molar refractivity (Wildman–Crippen MR) is 110 cm³/mol. The van der Waals surface area contributed by atoms with Crippen molar-refractivity contribution in [2.24, 2.45) is 5.41 Å². The van der Waals surface area contributed by atoms with Gasteiger partial charge in [-0.05, 0) is 35.4 Å². The standard InChI is InChI=1S/C23H22N2O6/c1-30-16-7-3-5-13(9-16)18-11-15(26)12-19(14-6-4-8-17(10-14)31-2)23(18)20(27)24-22(29)25-21(23)28/h3-10,18-19H,11-12H2,1-2H3,(H2,24,25,27,28,29). The molecule has 2 aromatic carbocycles. The third-order valence-corrected chi connectivity index (χ3v) is 6.16. The Bertz CT molecular complexity index is 998. The number of rotatable bonds is 4. The molecule has 160 valence electrons. The van der Waals surface area contributed by atoms with E-state index in [-0.39, 0.29) is 18.6 Å². The first-order valence-corrected chi connectivity index (χ1v) is 9.86. The van der Waals surface area contributed by atoms with Gasteiger partial charge < -0.3 is 9.47 Å². The van der Waals surface area contributed by atoms with E-state index in [2.05, 4.69) is 10.6 Å². The quantitative estimate of drug-likeness (QED) is 0.732. The number of barbiturate groups is 1. The Morgan fingerprint density at radius 1 is 0.774 bits per heavy atom. The number of hydrogen-bond donors (Lipinski definition) is 2. The minimum atomic E-state index is -1.69. The number of carbonyl (C=O) groups is 4. The van der Waals surface area contributed by atoms with Gasteiger partial charge in [0.25, 0.3) is 0 Å². The van der Waals surface area contributed by atoms with Crippen LogP contribution in [-0.4, -0.2) is 37.8 Å². The van der Waals surface area contributed by atoms with Crippen LogP contribution in [0.2, 0.25) is 0 Å². The van der Waals surface area contributed by atoms with Gasteiger partial charge in [-0.25, -0.2) is 4.79 Å². The van der Waals surface area contributed by atoms with Crippen LogP contribution in [0.25, 0.3) is 0 Å². The second-order valence-electron chi connectivity index (χ2n) is 7.71. The molecule has 2 unspecified atom stereocenters. The molecule has 1 saturated heterocycles. The van der Waals surface area contributed by atoms with Gasteiger partial charge in [0.1, 0.15) is 22.7 Å². The third-order valence-electron chi connectivity index (χ3n) is 6.16. The van der Waals surface area contributed by atoms with E-state index in [0.29, 0.717) is 22.6 Å². The molecule has 0 aromatic heterocycles. The number of nitrogens with one attached hydrogen (secondary N) is 2. The van der Waals surface area contributed by atoms with Crippen LogP contribution in [0.1, 0.15) is 35.8 Å². The number of carbonyl (C=O) groups excluding carboxylic acids is 4. The molecular weight excluding hydrogens is 400 g/mol. The average Bonchev–Trinajstić information content (AvgIpc) is 2.77. The van der Waals surface area contributed by atoms with Gasteiger partial charge in [-0.15, -0.1) is 0 Å². The van der Waals surface area contributed by atoms with Crippen LogP contribution in [0.15, 0.2) is 48.5 Å². The summed E-state index contributed by atoms with van der Waals surface area (Å²) in [5.74, 6) is -2.00. The fourth-order valence-corrected chi connectivity index (χ4v) is 4.76. The van der Waals surface area contributed by atoms with Crippen molar-refractivity contribution in [3.05, 3.63) is 59.7 Å². The van der Waals surface area contributed by atoms with Crippen LogP contribution in [0.4, 0.5) is 4.79 Å². The van der Waals surface area contributed by atoms with Crippen molar-refractivity contribution in [3.8, 4) is 11.5 Å². The lowest BCUT2D eigenvalue weighted by molar-refractivity contribution is -0.151. The Morgan fingerprint density at radius 2 is 1.23 bits per heavy atom. The normalized spacial score (nSPS) is 22.6. The summed E-state index contributed by atoms with van der Waals surface area (Å²) in [5.41, 5.74) is -0.472. The summed E-state index contributed by atoms with van der Waals surface area (Å²) >= 11 is 0. The van der Waals surface area contributed by atoms with E-state index in [1.165, 1.54) is 14.2 Å². The largest absolute Gasteiger partial charge is 0.497 e. The highest BCUT2D eigenvalue weighted by Crippen LogP contribution is 2.55. The number of ketones is 1. The lowest BCUT2D eigenvalue weighted by atomic mass is 9.54. The molecule has 0 bridgehead atoms. The molecule has 1 heterocycles. The maximum atomic E-state index is 13.4. The van der Waals surface area contributed by atoms with Gasteiger partial charge in [0.2, 0.25) is 11.8 Å². The molecule has 4 amide bonds. The summed E-state index contributed by atoms with van der Waals surface area (Å²) in [5, 5.41) is 4.52. The van der Waals surface area contributed by atoms with E-state index >= 15 is 0 Å². The van der Waals surface area contributed by atoms with Gasteiger partial charge >= 0.3 is 6.03 Å². The van der Waals surface area contributed by atoms with E-state index in [1.54, 1.807) is 48.5 Å². The summed E-state index contributed by atoms with van der Waals surface area (Å²) in [4.78, 5) is 51.6. The topological polar surface area (TPSA) is 111 Å². The second kappa shape index (κ2) is 7.86. The summed E-state index contributed by atoms with van der Waals surface area (Å²) in [6, 6.07) is 13.0. The van der Waals surface area contributed by atoms with Crippen LogP contribution in [0.5, 0.6) is 11.5 Å². The van der Waals surface area contributed by atoms with Crippen molar-refractivity contribution in [2.75, 3.05) is 14.2 Å². The van der Waals surface area contributed by atoms with E-state index in [4.69, 9.17) is 9.47 Å². The first-order chi connectivity index (χ1) is 14.9. The predicted octanol–water partition coefficient (Wildman–Crippen LogP) is 2.29. The Balaban J connectivity index is 1.95. The summed E-state index contributed by atoms with van der Waals surface area (Å²) in [7, 11) is 3.03. The van der Waals surface area contributed by atoms with Gasteiger partial charge in [0.15, 0.2) is 0 Å². The highest BCUT2D eigenvalue weighted by atomic mass is 16.5. The van der Waals surface area contributed by atoms with Crippen LogP contribution in [0.3, 0.4) is 0 Å². The fourth-order valence-electron chi connectivity index (χ4n) is 4.76. The lowest BCUT2D eigenvalue weighted by Crippen LogP contribution is -2.67. The highest BCUT2D eigenvalue weighted by molar-refractivity contribution is 6.21. The number of imide groups is 2. The zero-order chi connectivity index (χ0) is 22.2. The molecule has 8 nitrogen and oxygen atoms in total. The molecule has 2 aromatic rings. The van der Waals surface area contributed by atoms with Gasteiger partial charge in [0.05, 0.1) is 14.2 Å². The Hall–Kier alpha value is -3.68. The summed E-state index contributed by atoms with van der Waals surface area (Å²) in [6.45, 7) is 0. The maximum Gasteiger partial charge on any atom is 0.328 e. The molecule has 31 heavy (non-hydrogen) atoms. The molecular formula is C23H22N2O6. The Labute approximate surface area is 178 Å². The summed E-state index contributed by atoms with van der Waals surface area (Å²) in [6.07, 6.45) is -0.0225. The van der Waals surface area contributed by atoms with Crippen molar-refractivity contribution in [2.45, 2.75) is 24.7 Å². The number of urea groups is 1. The molecule has 2 N–H and O–H groups in total. The number of amides is 4. The van der Waals surface area contributed by atoms with Crippen molar-refractivity contribution in [1.29, 1.82) is 0 Å². The van der Waals surface area contributed by atoms with Crippen LogP contribution in [-0.2, 0) is 14.4 Å². The number of benzene rings is 2. The third kappa shape index (κ3) is 3.34. The highest BCUT2D eigenvalue weighted by Gasteiger charge is 2.63. The molecule has 0 radical (unpaired) electrons. The van der Waals surface area contributed by atoms with Gasteiger partial charge in [-0.2, -0.15) is 0 Å². The molecule has 1 saturated carbocycles. The Kier molecular flexibility index (Phi) is 5.22. The zero-order valence-electron chi connectivity index (χ0n) is 17.1. The van der Waals surface area contributed by atoms with Gasteiger partial charge in [-0.1, -0.05) is 24.3 Å². The molecule has 8 heteroatoms. The average molecular weight is 422 g/mol. The molecule has 2 fully saturated rings. The van der Waals surface area contributed by atoms with E-state index in [9.17, 15) is 19.2 Å². The molecule has 2 aliphatic rings. The molecule has 2 atom stereocenters. The van der Waals surface area contributed by atoms with Crippen LogP contribution < -0.4 is 20.1 Å². The maximum absolute atomic E-state index is 13.4. The molecule has 1 aliphatic heterocycles. The smallest absolute Gasteiger partial charge is 0.328 e. The van der Waals surface area contributed by atoms with Crippen LogP contribution >= 0.6 is 0 Å². The lowest BCUT2D eigenvalue weighted by Gasteiger charge is -2.48. The number of ether oxygens (including phenoxy) is 2. The summed E-state index contributed by atoms with van der Waals surface area (Å²) < 4.78 is 10.6. The van der Waals surface area contributed by atoms with Crippen LogP contribution in [0, 0.1) is 5.41 Å². The number of hydrogen-bond acceptors (Lipinski definition) is 6. The Morgan fingerprint density at radius 3 is 1.65 bits per heavy atom. The number of Topliss-reactive ketones (excluding diaryl/α,β-unsaturated/α-hetero) is 1. The fraction of sp³-hybridized carbons (Fsp3) is 0.304. The molecule has 4 rings (SSSR count). The van der Waals surface area contributed by atoms with Crippen molar-refractivity contribution in [1.82, 2.24) is 10.6 Å². The second-order valence-corrected chi connectivity index (χ2v) is 7.71. The van der Waals surface area contributed by atoms with Crippen molar-refractivity contribution < 1.29 is 28.7 Å².